The van der Waals surface area contributed by atoms with E-state index in [2.05, 4.69) is 74.9 Å². The Morgan fingerprint density at radius 3 is 2.75 bits per heavy atom. The van der Waals surface area contributed by atoms with Crippen molar-refractivity contribution in [3.8, 4) is 0 Å². The first kappa shape index (κ1) is 22.7. The summed E-state index contributed by atoms with van der Waals surface area (Å²) in [4.78, 5) is 5.77. The van der Waals surface area contributed by atoms with E-state index < -0.39 is 0 Å². The molecule has 156 valence electrons. The molecule has 1 unspecified atom stereocenters. The molecule has 0 aliphatic rings. The van der Waals surface area contributed by atoms with Crippen molar-refractivity contribution in [2.45, 2.75) is 51.7 Å². The summed E-state index contributed by atoms with van der Waals surface area (Å²) < 4.78 is 2.26. The Hall–Kier alpha value is -1.54. The van der Waals surface area contributed by atoms with Crippen molar-refractivity contribution in [2.24, 2.45) is 16.8 Å². The van der Waals surface area contributed by atoms with Gasteiger partial charge < -0.3 is 15.2 Å². The lowest BCUT2D eigenvalue weighted by Crippen LogP contribution is -2.40. The molecule has 6 nitrogen and oxygen atoms in total. The predicted octanol–water partition coefficient (Wildman–Crippen LogP) is 3.69. The molecule has 0 fully saturated rings. The summed E-state index contributed by atoms with van der Waals surface area (Å²) in [5.74, 6) is 3.09. The Morgan fingerprint density at radius 1 is 1.29 bits per heavy atom. The van der Waals surface area contributed by atoms with E-state index in [4.69, 9.17) is 0 Å². The van der Waals surface area contributed by atoms with E-state index in [9.17, 15) is 0 Å². The summed E-state index contributed by atoms with van der Waals surface area (Å²) in [7, 11) is 1.82. The van der Waals surface area contributed by atoms with Crippen LogP contribution in [-0.2, 0) is 19.4 Å². The van der Waals surface area contributed by atoms with Crippen LogP contribution in [0.15, 0.2) is 27.7 Å². The van der Waals surface area contributed by atoms with Gasteiger partial charge in [-0.15, -0.1) is 21.5 Å². The number of aryl methyl sites for hydroxylation is 1. The molecule has 0 radical (unpaired) electrons. The SMILES string of the molecule is CN=C(NCCCc1nnc(SC)n1CC(C)C)NCC(C)Cc1cccs1. The zero-order valence-electron chi connectivity index (χ0n) is 17.7. The number of hydrogen-bond acceptors (Lipinski definition) is 5. The largest absolute Gasteiger partial charge is 0.356 e. The highest BCUT2D eigenvalue weighted by Crippen LogP contribution is 2.17. The fraction of sp³-hybridized carbons (Fsp3) is 0.650. The Balaban J connectivity index is 1.72. The molecule has 0 saturated carbocycles. The van der Waals surface area contributed by atoms with Crippen molar-refractivity contribution in [1.82, 2.24) is 25.4 Å². The molecule has 2 rings (SSSR count). The van der Waals surface area contributed by atoms with E-state index in [1.54, 1.807) is 11.8 Å². The van der Waals surface area contributed by atoms with E-state index in [0.717, 1.165) is 55.8 Å². The van der Waals surface area contributed by atoms with Gasteiger partial charge in [0.05, 0.1) is 0 Å². The van der Waals surface area contributed by atoms with Crippen LogP contribution in [-0.4, -0.2) is 47.1 Å². The number of rotatable bonds is 11. The average molecular weight is 423 g/mol. The molecule has 2 N–H and O–H groups in total. The summed E-state index contributed by atoms with van der Waals surface area (Å²) in [6, 6.07) is 4.32. The van der Waals surface area contributed by atoms with Gasteiger partial charge in [0.25, 0.3) is 0 Å². The maximum absolute atomic E-state index is 4.39. The Kier molecular flexibility index (Phi) is 9.84. The third kappa shape index (κ3) is 7.47. The number of aromatic nitrogens is 3. The van der Waals surface area contributed by atoms with Gasteiger partial charge in [-0.25, -0.2) is 0 Å². The van der Waals surface area contributed by atoms with Gasteiger partial charge in [-0.05, 0) is 42.4 Å². The van der Waals surface area contributed by atoms with Crippen LogP contribution in [0.3, 0.4) is 0 Å². The minimum atomic E-state index is 0.566. The number of thiophene rings is 1. The standard InChI is InChI=1S/C20H34N6S2/c1-15(2)14-26-18(24-25-20(26)27-5)9-6-10-22-19(21-4)23-13-16(3)12-17-8-7-11-28-17/h7-8,11,15-16H,6,9-10,12-14H2,1-5H3,(H2,21,22,23). The van der Waals surface area contributed by atoms with E-state index >= 15 is 0 Å². The van der Waals surface area contributed by atoms with Crippen LogP contribution in [0.25, 0.3) is 0 Å². The zero-order valence-corrected chi connectivity index (χ0v) is 19.4. The number of hydrogen-bond donors (Lipinski definition) is 2. The first-order valence-electron chi connectivity index (χ1n) is 9.96. The molecule has 0 bridgehead atoms. The summed E-state index contributed by atoms with van der Waals surface area (Å²) in [5.41, 5.74) is 0. The molecule has 8 heteroatoms. The Bertz CT molecular complexity index is 708. The number of guanidine groups is 1. The highest BCUT2D eigenvalue weighted by Gasteiger charge is 2.12. The van der Waals surface area contributed by atoms with Gasteiger partial charge in [-0.3, -0.25) is 4.99 Å². The van der Waals surface area contributed by atoms with Gasteiger partial charge >= 0.3 is 0 Å². The van der Waals surface area contributed by atoms with E-state index in [-0.39, 0.29) is 0 Å². The summed E-state index contributed by atoms with van der Waals surface area (Å²) >= 11 is 3.49. The molecule has 0 aliphatic heterocycles. The van der Waals surface area contributed by atoms with Crippen LogP contribution in [0.5, 0.6) is 0 Å². The predicted molar refractivity (Wildman–Crippen MR) is 122 cm³/mol. The lowest BCUT2D eigenvalue weighted by atomic mass is 10.1. The van der Waals surface area contributed by atoms with Gasteiger partial charge in [0.15, 0.2) is 11.1 Å². The molecule has 0 saturated heterocycles. The van der Waals surface area contributed by atoms with Crippen molar-refractivity contribution < 1.29 is 0 Å². The second-order valence-electron chi connectivity index (χ2n) is 7.48. The van der Waals surface area contributed by atoms with Gasteiger partial charge in [-0.2, -0.15) is 0 Å². The van der Waals surface area contributed by atoms with E-state index in [1.807, 2.05) is 18.4 Å². The third-order valence-corrected chi connectivity index (χ3v) is 5.93. The summed E-state index contributed by atoms with van der Waals surface area (Å²) in [6.07, 6.45) is 5.07. The molecule has 0 amide bonds. The van der Waals surface area contributed by atoms with Crippen LogP contribution in [0.4, 0.5) is 0 Å². The quantitative estimate of drug-likeness (QED) is 0.250. The molecule has 0 aromatic carbocycles. The summed E-state index contributed by atoms with van der Waals surface area (Å²) in [5, 5.41) is 18.7. The lowest BCUT2D eigenvalue weighted by molar-refractivity contribution is 0.477. The minimum absolute atomic E-state index is 0.566. The van der Waals surface area contributed by atoms with Crippen molar-refractivity contribution in [3.05, 3.63) is 28.2 Å². The van der Waals surface area contributed by atoms with Crippen LogP contribution < -0.4 is 10.6 Å². The monoisotopic (exact) mass is 422 g/mol. The number of nitrogens with zero attached hydrogens (tertiary/aromatic N) is 4. The van der Waals surface area contributed by atoms with Crippen LogP contribution >= 0.6 is 23.1 Å². The lowest BCUT2D eigenvalue weighted by Gasteiger charge is -2.16. The molecular formula is C20H34N6S2. The van der Waals surface area contributed by atoms with Crippen molar-refractivity contribution in [2.75, 3.05) is 26.4 Å². The third-order valence-electron chi connectivity index (χ3n) is 4.36. The molecule has 2 aromatic rings. The topological polar surface area (TPSA) is 67.1 Å². The average Bonchev–Trinajstić information content (AvgIpc) is 3.30. The molecule has 0 spiro atoms. The summed E-state index contributed by atoms with van der Waals surface area (Å²) in [6.45, 7) is 9.47. The van der Waals surface area contributed by atoms with Crippen LogP contribution in [0, 0.1) is 11.8 Å². The molecule has 2 aromatic heterocycles. The van der Waals surface area contributed by atoms with Crippen molar-refractivity contribution in [1.29, 1.82) is 0 Å². The van der Waals surface area contributed by atoms with Gasteiger partial charge in [0.1, 0.15) is 5.82 Å². The highest BCUT2D eigenvalue weighted by atomic mass is 32.2. The smallest absolute Gasteiger partial charge is 0.190 e. The highest BCUT2D eigenvalue weighted by molar-refractivity contribution is 7.98. The fourth-order valence-electron chi connectivity index (χ4n) is 2.99. The van der Waals surface area contributed by atoms with Crippen LogP contribution in [0.2, 0.25) is 0 Å². The van der Waals surface area contributed by atoms with Crippen molar-refractivity contribution >= 4 is 29.1 Å². The maximum atomic E-state index is 4.39. The molecule has 28 heavy (non-hydrogen) atoms. The first-order valence-corrected chi connectivity index (χ1v) is 12.1. The first-order chi connectivity index (χ1) is 13.5. The second kappa shape index (κ2) is 12.1. The fourth-order valence-corrected chi connectivity index (χ4v) is 4.39. The molecule has 2 heterocycles. The normalized spacial score (nSPS) is 13.1. The van der Waals surface area contributed by atoms with E-state index in [0.29, 0.717) is 11.8 Å². The van der Waals surface area contributed by atoms with Crippen molar-refractivity contribution in [3.63, 3.8) is 0 Å². The molecule has 1 atom stereocenters. The van der Waals surface area contributed by atoms with Gasteiger partial charge in [0, 0.05) is 38.0 Å². The number of aliphatic imine (C=N–C) groups is 1. The Morgan fingerprint density at radius 2 is 2.11 bits per heavy atom. The number of thioether (sulfide) groups is 1. The number of nitrogens with one attached hydrogen (secondary N) is 2. The Labute approximate surface area is 177 Å². The minimum Gasteiger partial charge on any atom is -0.356 e. The van der Waals surface area contributed by atoms with Crippen LogP contribution in [0.1, 0.15) is 37.9 Å². The van der Waals surface area contributed by atoms with E-state index in [1.165, 1.54) is 4.88 Å². The van der Waals surface area contributed by atoms with Gasteiger partial charge in [-0.1, -0.05) is 38.6 Å². The second-order valence-corrected chi connectivity index (χ2v) is 9.29. The molecular weight excluding hydrogens is 388 g/mol. The zero-order chi connectivity index (χ0) is 20.4. The maximum Gasteiger partial charge on any atom is 0.190 e. The van der Waals surface area contributed by atoms with Gasteiger partial charge in [0.2, 0.25) is 0 Å². The molecule has 0 aliphatic carbocycles.